The molecule has 4 heteroatoms. The first-order valence-corrected chi connectivity index (χ1v) is 6.40. The van der Waals surface area contributed by atoms with Gasteiger partial charge in [-0.25, -0.2) is 0 Å². The minimum Gasteiger partial charge on any atom is -0.364 e. The van der Waals surface area contributed by atoms with Gasteiger partial charge in [0.1, 0.15) is 6.26 Å². The molecule has 0 spiro atoms. The predicted molar refractivity (Wildman–Crippen MR) is 73.1 cm³/mol. The summed E-state index contributed by atoms with van der Waals surface area (Å²) in [5.74, 6) is -0.0166. The lowest BCUT2D eigenvalue weighted by Gasteiger charge is -2.06. The normalized spacial score (nSPS) is 10.4. The Balaban J connectivity index is 1.80. The summed E-state index contributed by atoms with van der Waals surface area (Å²) in [4.78, 5) is 12.0. The fourth-order valence-corrected chi connectivity index (χ4v) is 2.05. The van der Waals surface area contributed by atoms with Crippen molar-refractivity contribution < 1.29 is 9.32 Å². The van der Waals surface area contributed by atoms with Crippen molar-refractivity contribution in [1.82, 2.24) is 10.5 Å². The number of amides is 1. The maximum Gasteiger partial charge on any atom is 0.251 e. The van der Waals surface area contributed by atoms with Gasteiger partial charge in [-0.2, -0.15) is 0 Å². The zero-order valence-electron chi connectivity index (χ0n) is 11.3. The minimum absolute atomic E-state index is 0.0166. The number of hydrogen-bond acceptors (Lipinski definition) is 3. The van der Waals surface area contributed by atoms with Crippen molar-refractivity contribution in [1.29, 1.82) is 0 Å². The molecule has 4 nitrogen and oxygen atoms in total. The summed E-state index contributed by atoms with van der Waals surface area (Å²) in [6.45, 7) is 4.64. The van der Waals surface area contributed by atoms with Gasteiger partial charge in [0.2, 0.25) is 0 Å². The summed E-state index contributed by atoms with van der Waals surface area (Å²) >= 11 is 0. The van der Waals surface area contributed by atoms with E-state index >= 15 is 0 Å². The van der Waals surface area contributed by atoms with Crippen molar-refractivity contribution in [3.63, 3.8) is 0 Å². The SMILES string of the molecule is Cc1cc(C)cc(C(=O)NCCCc2cnoc2)c1. The topological polar surface area (TPSA) is 55.1 Å². The van der Waals surface area contributed by atoms with Crippen LogP contribution in [0, 0.1) is 13.8 Å². The quantitative estimate of drug-likeness (QED) is 0.839. The van der Waals surface area contributed by atoms with Crippen LogP contribution in [0.4, 0.5) is 0 Å². The van der Waals surface area contributed by atoms with Gasteiger partial charge in [0.05, 0.1) is 6.20 Å². The van der Waals surface area contributed by atoms with Gasteiger partial charge in [-0.1, -0.05) is 22.3 Å². The molecule has 0 radical (unpaired) electrons. The molecule has 0 fully saturated rings. The molecule has 1 aromatic heterocycles. The zero-order chi connectivity index (χ0) is 13.7. The molecule has 2 aromatic rings. The fraction of sp³-hybridized carbons (Fsp3) is 0.333. The van der Waals surface area contributed by atoms with Crippen molar-refractivity contribution in [3.8, 4) is 0 Å². The van der Waals surface area contributed by atoms with Gasteiger partial charge in [0.15, 0.2) is 0 Å². The molecular weight excluding hydrogens is 240 g/mol. The molecule has 0 saturated carbocycles. The van der Waals surface area contributed by atoms with Gasteiger partial charge in [0.25, 0.3) is 5.91 Å². The Morgan fingerprint density at radius 2 is 2.00 bits per heavy atom. The number of aromatic nitrogens is 1. The Morgan fingerprint density at radius 3 is 2.63 bits per heavy atom. The van der Waals surface area contributed by atoms with E-state index in [4.69, 9.17) is 4.52 Å². The summed E-state index contributed by atoms with van der Waals surface area (Å²) in [7, 11) is 0. The molecule has 1 N–H and O–H groups in total. The van der Waals surface area contributed by atoms with E-state index in [1.54, 1.807) is 12.5 Å². The molecule has 2 rings (SSSR count). The average molecular weight is 258 g/mol. The highest BCUT2D eigenvalue weighted by Crippen LogP contribution is 2.08. The monoisotopic (exact) mass is 258 g/mol. The predicted octanol–water partition coefficient (Wildman–Crippen LogP) is 2.65. The van der Waals surface area contributed by atoms with Gasteiger partial charge >= 0.3 is 0 Å². The van der Waals surface area contributed by atoms with Crippen molar-refractivity contribution >= 4 is 5.91 Å². The van der Waals surface area contributed by atoms with E-state index in [-0.39, 0.29) is 5.91 Å². The minimum atomic E-state index is -0.0166. The maximum atomic E-state index is 12.0. The van der Waals surface area contributed by atoms with E-state index in [1.807, 2.05) is 26.0 Å². The van der Waals surface area contributed by atoms with Gasteiger partial charge in [0, 0.05) is 17.7 Å². The van der Waals surface area contributed by atoms with Crippen LogP contribution in [0.25, 0.3) is 0 Å². The second-order valence-corrected chi connectivity index (χ2v) is 4.77. The number of aryl methyl sites for hydroxylation is 3. The lowest BCUT2D eigenvalue weighted by Crippen LogP contribution is -2.24. The summed E-state index contributed by atoms with van der Waals surface area (Å²) in [5, 5.41) is 6.57. The van der Waals surface area contributed by atoms with E-state index in [1.165, 1.54) is 0 Å². The molecule has 0 aliphatic heterocycles. The summed E-state index contributed by atoms with van der Waals surface area (Å²) < 4.78 is 4.75. The molecule has 1 aromatic carbocycles. The molecule has 19 heavy (non-hydrogen) atoms. The highest BCUT2D eigenvalue weighted by atomic mass is 16.5. The second kappa shape index (κ2) is 6.18. The van der Waals surface area contributed by atoms with Crippen molar-refractivity contribution in [2.75, 3.05) is 6.54 Å². The number of nitrogens with zero attached hydrogens (tertiary/aromatic N) is 1. The third-order valence-electron chi connectivity index (χ3n) is 2.90. The molecule has 0 unspecified atom stereocenters. The van der Waals surface area contributed by atoms with Crippen LogP contribution in [-0.4, -0.2) is 17.6 Å². The van der Waals surface area contributed by atoms with Gasteiger partial charge in [-0.15, -0.1) is 0 Å². The number of benzene rings is 1. The standard InChI is InChI=1S/C15H18N2O2/c1-11-6-12(2)8-14(7-11)15(18)16-5-3-4-13-9-17-19-10-13/h6-10H,3-5H2,1-2H3,(H,16,18). The highest BCUT2D eigenvalue weighted by molar-refractivity contribution is 5.94. The van der Waals surface area contributed by atoms with Gasteiger partial charge in [-0.3, -0.25) is 4.79 Å². The molecular formula is C15H18N2O2. The zero-order valence-corrected chi connectivity index (χ0v) is 11.3. The Labute approximate surface area is 112 Å². The van der Waals surface area contributed by atoms with Crippen LogP contribution in [0.3, 0.4) is 0 Å². The first-order chi connectivity index (χ1) is 9.15. The van der Waals surface area contributed by atoms with Crippen LogP contribution in [0.5, 0.6) is 0 Å². The smallest absolute Gasteiger partial charge is 0.251 e. The van der Waals surface area contributed by atoms with E-state index in [0.29, 0.717) is 6.54 Å². The van der Waals surface area contributed by atoms with Crippen LogP contribution >= 0.6 is 0 Å². The molecule has 100 valence electrons. The van der Waals surface area contributed by atoms with Crippen molar-refractivity contribution in [3.05, 3.63) is 52.9 Å². The molecule has 1 heterocycles. The van der Waals surface area contributed by atoms with Crippen molar-refractivity contribution in [2.24, 2.45) is 0 Å². The first kappa shape index (κ1) is 13.3. The summed E-state index contributed by atoms with van der Waals surface area (Å²) in [6.07, 6.45) is 5.06. The average Bonchev–Trinajstić information content (AvgIpc) is 2.86. The van der Waals surface area contributed by atoms with Crippen LogP contribution in [0.15, 0.2) is 35.2 Å². The summed E-state index contributed by atoms with van der Waals surface area (Å²) in [5.41, 5.74) is 3.99. The number of hydrogen-bond donors (Lipinski definition) is 1. The number of nitrogens with one attached hydrogen (secondary N) is 1. The molecule has 1 amide bonds. The molecule has 0 bridgehead atoms. The van der Waals surface area contributed by atoms with Crippen molar-refractivity contribution in [2.45, 2.75) is 26.7 Å². The third-order valence-corrected chi connectivity index (χ3v) is 2.90. The lowest BCUT2D eigenvalue weighted by molar-refractivity contribution is 0.0953. The number of rotatable bonds is 5. The first-order valence-electron chi connectivity index (χ1n) is 6.40. The van der Waals surface area contributed by atoms with Gasteiger partial charge < -0.3 is 9.84 Å². The van der Waals surface area contributed by atoms with Crippen LogP contribution in [0.2, 0.25) is 0 Å². The molecule has 0 saturated heterocycles. The Kier molecular flexibility index (Phi) is 4.34. The Bertz CT molecular complexity index is 527. The highest BCUT2D eigenvalue weighted by Gasteiger charge is 2.06. The largest absolute Gasteiger partial charge is 0.364 e. The number of carbonyl (C=O) groups excluding carboxylic acids is 1. The lowest BCUT2D eigenvalue weighted by atomic mass is 10.1. The molecule has 0 aliphatic carbocycles. The van der Waals surface area contributed by atoms with Crippen LogP contribution in [0.1, 0.15) is 33.5 Å². The van der Waals surface area contributed by atoms with Crippen LogP contribution < -0.4 is 5.32 Å². The van der Waals surface area contributed by atoms with E-state index < -0.39 is 0 Å². The fourth-order valence-electron chi connectivity index (χ4n) is 2.05. The number of carbonyl (C=O) groups is 1. The second-order valence-electron chi connectivity index (χ2n) is 4.77. The maximum absolute atomic E-state index is 12.0. The van der Waals surface area contributed by atoms with Gasteiger partial charge in [-0.05, 0) is 38.8 Å². The van der Waals surface area contributed by atoms with E-state index in [2.05, 4.69) is 16.5 Å². The molecule has 0 atom stereocenters. The molecule has 0 aliphatic rings. The Morgan fingerprint density at radius 1 is 1.26 bits per heavy atom. The van der Waals surface area contributed by atoms with E-state index in [9.17, 15) is 4.79 Å². The third kappa shape index (κ3) is 3.95. The Hall–Kier alpha value is -2.10. The summed E-state index contributed by atoms with van der Waals surface area (Å²) in [6, 6.07) is 5.87. The van der Waals surface area contributed by atoms with Crippen LogP contribution in [-0.2, 0) is 6.42 Å². The van der Waals surface area contributed by atoms with E-state index in [0.717, 1.165) is 35.1 Å².